The lowest BCUT2D eigenvalue weighted by Gasteiger charge is -2.29. The first kappa shape index (κ1) is 12.3. The number of likely N-dealkylation sites (tertiary alicyclic amines) is 1. The van der Waals surface area contributed by atoms with Crippen molar-refractivity contribution >= 4 is 5.91 Å². The standard InChI is InChI=1S/C13H23NO/c1-3-5-9-12(4-2)13(15)14-10-7-6-8-11-14/h4,12H,2-3,5-11H2,1H3. The monoisotopic (exact) mass is 209 g/mol. The van der Waals surface area contributed by atoms with Gasteiger partial charge in [-0.15, -0.1) is 6.58 Å². The Bertz CT molecular complexity index is 207. The second-order valence-electron chi connectivity index (χ2n) is 4.37. The Hall–Kier alpha value is -0.790. The summed E-state index contributed by atoms with van der Waals surface area (Å²) in [7, 11) is 0. The molecule has 1 heterocycles. The van der Waals surface area contributed by atoms with Gasteiger partial charge in [-0.3, -0.25) is 4.79 Å². The van der Waals surface area contributed by atoms with Gasteiger partial charge in [0.15, 0.2) is 0 Å². The number of rotatable bonds is 5. The second kappa shape index (κ2) is 6.65. The molecule has 0 aromatic rings. The molecule has 1 rings (SSSR count). The van der Waals surface area contributed by atoms with E-state index in [1.165, 1.54) is 19.3 Å². The molecule has 0 saturated carbocycles. The fraction of sp³-hybridized carbons (Fsp3) is 0.769. The van der Waals surface area contributed by atoms with Gasteiger partial charge in [0.2, 0.25) is 5.91 Å². The van der Waals surface area contributed by atoms with E-state index in [0.29, 0.717) is 5.91 Å². The van der Waals surface area contributed by atoms with Crippen molar-refractivity contribution < 1.29 is 4.79 Å². The van der Waals surface area contributed by atoms with Crippen LogP contribution in [0.15, 0.2) is 12.7 Å². The summed E-state index contributed by atoms with van der Waals surface area (Å²) in [6.07, 6.45) is 8.68. The first-order chi connectivity index (χ1) is 7.29. The number of nitrogens with zero attached hydrogens (tertiary/aromatic N) is 1. The summed E-state index contributed by atoms with van der Waals surface area (Å²) in [6, 6.07) is 0. The molecule has 1 amide bonds. The Morgan fingerprint density at radius 1 is 1.40 bits per heavy atom. The topological polar surface area (TPSA) is 20.3 Å². The van der Waals surface area contributed by atoms with Crippen LogP contribution in [0, 0.1) is 5.92 Å². The van der Waals surface area contributed by atoms with Gasteiger partial charge in [-0.05, 0) is 25.7 Å². The normalized spacial score (nSPS) is 18.6. The van der Waals surface area contributed by atoms with Crippen molar-refractivity contribution in [3.05, 3.63) is 12.7 Å². The molecular weight excluding hydrogens is 186 g/mol. The number of piperidine rings is 1. The van der Waals surface area contributed by atoms with Crippen molar-refractivity contribution in [3.63, 3.8) is 0 Å². The van der Waals surface area contributed by atoms with E-state index in [-0.39, 0.29) is 5.92 Å². The molecule has 0 aliphatic carbocycles. The highest BCUT2D eigenvalue weighted by molar-refractivity contribution is 5.80. The van der Waals surface area contributed by atoms with Crippen LogP contribution in [0.3, 0.4) is 0 Å². The molecule has 1 aliphatic heterocycles. The first-order valence-corrected chi connectivity index (χ1v) is 6.21. The minimum absolute atomic E-state index is 0.0584. The maximum atomic E-state index is 12.1. The maximum Gasteiger partial charge on any atom is 0.229 e. The van der Waals surface area contributed by atoms with Crippen LogP contribution < -0.4 is 0 Å². The van der Waals surface area contributed by atoms with E-state index < -0.39 is 0 Å². The highest BCUT2D eigenvalue weighted by Gasteiger charge is 2.22. The third kappa shape index (κ3) is 3.69. The van der Waals surface area contributed by atoms with E-state index in [1.54, 1.807) is 0 Å². The zero-order valence-electron chi connectivity index (χ0n) is 9.87. The number of unbranched alkanes of at least 4 members (excludes halogenated alkanes) is 1. The summed E-state index contributed by atoms with van der Waals surface area (Å²) in [4.78, 5) is 14.1. The van der Waals surface area contributed by atoms with Crippen molar-refractivity contribution in [2.24, 2.45) is 5.92 Å². The summed E-state index contributed by atoms with van der Waals surface area (Å²) in [5.74, 6) is 0.362. The van der Waals surface area contributed by atoms with Gasteiger partial charge in [0.05, 0.1) is 5.92 Å². The van der Waals surface area contributed by atoms with E-state index in [4.69, 9.17) is 0 Å². The summed E-state index contributed by atoms with van der Waals surface area (Å²) < 4.78 is 0. The van der Waals surface area contributed by atoms with E-state index >= 15 is 0 Å². The zero-order chi connectivity index (χ0) is 11.1. The SMILES string of the molecule is C=CC(CCCC)C(=O)N1CCCCC1. The highest BCUT2D eigenvalue weighted by atomic mass is 16.2. The molecular formula is C13H23NO. The minimum atomic E-state index is 0.0584. The molecule has 1 fully saturated rings. The fourth-order valence-electron chi connectivity index (χ4n) is 2.11. The number of hydrogen-bond acceptors (Lipinski definition) is 1. The van der Waals surface area contributed by atoms with Gasteiger partial charge >= 0.3 is 0 Å². The molecule has 0 spiro atoms. The van der Waals surface area contributed by atoms with Crippen LogP contribution in [0.1, 0.15) is 45.4 Å². The van der Waals surface area contributed by atoms with E-state index in [1.807, 2.05) is 11.0 Å². The lowest BCUT2D eigenvalue weighted by atomic mass is 9.99. The van der Waals surface area contributed by atoms with Crippen LogP contribution in [0.4, 0.5) is 0 Å². The number of carbonyl (C=O) groups is 1. The van der Waals surface area contributed by atoms with Crippen LogP contribution in [0.2, 0.25) is 0 Å². The van der Waals surface area contributed by atoms with Gasteiger partial charge in [-0.2, -0.15) is 0 Å². The average Bonchev–Trinajstić information content (AvgIpc) is 2.31. The smallest absolute Gasteiger partial charge is 0.229 e. The number of carbonyl (C=O) groups excluding carboxylic acids is 1. The highest BCUT2D eigenvalue weighted by Crippen LogP contribution is 2.17. The van der Waals surface area contributed by atoms with Gasteiger partial charge in [0, 0.05) is 13.1 Å². The largest absolute Gasteiger partial charge is 0.342 e. The third-order valence-corrected chi connectivity index (χ3v) is 3.14. The molecule has 15 heavy (non-hydrogen) atoms. The maximum absolute atomic E-state index is 12.1. The lowest BCUT2D eigenvalue weighted by Crippen LogP contribution is -2.39. The molecule has 1 unspecified atom stereocenters. The molecule has 86 valence electrons. The van der Waals surface area contributed by atoms with Crippen molar-refractivity contribution in [1.29, 1.82) is 0 Å². The lowest BCUT2D eigenvalue weighted by molar-refractivity contribution is -0.135. The van der Waals surface area contributed by atoms with Crippen molar-refractivity contribution in [1.82, 2.24) is 4.90 Å². The van der Waals surface area contributed by atoms with Crippen LogP contribution in [0.25, 0.3) is 0 Å². The molecule has 1 saturated heterocycles. The third-order valence-electron chi connectivity index (χ3n) is 3.14. The number of amides is 1. The van der Waals surface area contributed by atoms with Crippen molar-refractivity contribution in [2.75, 3.05) is 13.1 Å². The molecule has 1 aliphatic rings. The Kier molecular flexibility index (Phi) is 5.44. The molecule has 0 aromatic carbocycles. The van der Waals surface area contributed by atoms with Crippen molar-refractivity contribution in [3.8, 4) is 0 Å². The van der Waals surface area contributed by atoms with Gasteiger partial charge in [0.1, 0.15) is 0 Å². The second-order valence-corrected chi connectivity index (χ2v) is 4.37. The fourth-order valence-corrected chi connectivity index (χ4v) is 2.11. The van der Waals surface area contributed by atoms with Gasteiger partial charge < -0.3 is 4.90 Å². The summed E-state index contributed by atoms with van der Waals surface area (Å²) in [5.41, 5.74) is 0. The molecule has 0 aromatic heterocycles. The molecule has 0 bridgehead atoms. The molecule has 0 N–H and O–H groups in total. The summed E-state index contributed by atoms with van der Waals surface area (Å²) >= 11 is 0. The van der Waals surface area contributed by atoms with Crippen LogP contribution in [0.5, 0.6) is 0 Å². The van der Waals surface area contributed by atoms with Crippen LogP contribution in [-0.4, -0.2) is 23.9 Å². The van der Waals surface area contributed by atoms with Gasteiger partial charge in [0.25, 0.3) is 0 Å². The minimum Gasteiger partial charge on any atom is -0.342 e. The summed E-state index contributed by atoms with van der Waals surface area (Å²) in [6.45, 7) is 7.85. The van der Waals surface area contributed by atoms with Gasteiger partial charge in [-0.25, -0.2) is 0 Å². The number of hydrogen-bond donors (Lipinski definition) is 0. The molecule has 2 heteroatoms. The predicted molar refractivity (Wildman–Crippen MR) is 63.6 cm³/mol. The van der Waals surface area contributed by atoms with E-state index in [0.717, 1.165) is 32.4 Å². The van der Waals surface area contributed by atoms with E-state index in [2.05, 4.69) is 13.5 Å². The quantitative estimate of drug-likeness (QED) is 0.637. The molecule has 0 radical (unpaired) electrons. The zero-order valence-corrected chi connectivity index (χ0v) is 9.87. The molecule has 2 nitrogen and oxygen atoms in total. The average molecular weight is 209 g/mol. The Labute approximate surface area is 93.3 Å². The summed E-state index contributed by atoms with van der Waals surface area (Å²) in [5, 5.41) is 0. The van der Waals surface area contributed by atoms with Gasteiger partial charge in [-0.1, -0.05) is 25.8 Å². The Balaban J connectivity index is 2.43. The van der Waals surface area contributed by atoms with Crippen molar-refractivity contribution in [2.45, 2.75) is 45.4 Å². The van der Waals surface area contributed by atoms with Crippen LogP contribution in [-0.2, 0) is 4.79 Å². The van der Waals surface area contributed by atoms with Crippen LogP contribution >= 0.6 is 0 Å². The Morgan fingerprint density at radius 3 is 2.60 bits per heavy atom. The Morgan fingerprint density at radius 2 is 2.07 bits per heavy atom. The van der Waals surface area contributed by atoms with E-state index in [9.17, 15) is 4.79 Å². The first-order valence-electron chi connectivity index (χ1n) is 6.21. The molecule has 1 atom stereocenters. The predicted octanol–water partition coefficient (Wildman–Crippen LogP) is 2.99.